The maximum Gasteiger partial charge on any atom is 0.338 e. The van der Waals surface area contributed by atoms with Crippen molar-refractivity contribution < 1.29 is 14.3 Å². The molecule has 154 valence electrons. The van der Waals surface area contributed by atoms with E-state index in [-0.39, 0.29) is 13.0 Å². The minimum atomic E-state index is -0.468. The van der Waals surface area contributed by atoms with Gasteiger partial charge in [-0.25, -0.2) is 14.8 Å². The van der Waals surface area contributed by atoms with Crippen LogP contribution in [0.4, 0.5) is 11.1 Å². The fraction of sp³-hybridized carbons (Fsp3) is 0.200. The lowest BCUT2D eigenvalue weighted by Gasteiger charge is -2.04. The molecule has 0 aliphatic heterocycles. The molecule has 0 saturated carbocycles. The van der Waals surface area contributed by atoms with E-state index in [1.54, 1.807) is 18.2 Å². The Morgan fingerprint density at radius 2 is 2.03 bits per heavy atom. The number of aromatic nitrogens is 3. The van der Waals surface area contributed by atoms with Gasteiger partial charge in [-0.15, -0.1) is 0 Å². The molecule has 10 heteroatoms. The molecule has 0 fully saturated rings. The average molecular weight is 444 g/mol. The molecule has 2 aromatic heterocycles. The fourth-order valence-corrected chi connectivity index (χ4v) is 4.12. The van der Waals surface area contributed by atoms with Crippen molar-refractivity contribution in [2.75, 3.05) is 11.9 Å². The van der Waals surface area contributed by atoms with E-state index >= 15 is 0 Å². The predicted molar refractivity (Wildman–Crippen MR) is 117 cm³/mol. The molecule has 4 aromatic rings. The number of benzene rings is 2. The first kappa shape index (κ1) is 20.1. The summed E-state index contributed by atoms with van der Waals surface area (Å²) in [6.45, 7) is 0.135. The topological polar surface area (TPSA) is 112 Å². The number of nitrogens with one attached hydrogen (secondary N) is 1. The third kappa shape index (κ3) is 4.22. The highest BCUT2D eigenvalue weighted by atomic mass is 35.5. The molecule has 0 bridgehead atoms. The van der Waals surface area contributed by atoms with Crippen molar-refractivity contribution in [2.45, 2.75) is 12.8 Å². The first-order valence-corrected chi connectivity index (χ1v) is 10.3. The van der Waals surface area contributed by atoms with Gasteiger partial charge in [0, 0.05) is 18.5 Å². The quantitative estimate of drug-likeness (QED) is 0.329. The number of carbonyl (C=O) groups is 2. The maximum atomic E-state index is 12.2. The SMILES string of the molecule is Cn1c(Nc2nc3ccc(Cl)cc3s2)nc2cc(C(=O)OCCCC(N)=O)ccc21. The van der Waals surface area contributed by atoms with Gasteiger partial charge in [0.15, 0.2) is 5.13 Å². The molecule has 3 N–H and O–H groups in total. The number of rotatable bonds is 7. The highest BCUT2D eigenvalue weighted by Gasteiger charge is 2.14. The van der Waals surface area contributed by atoms with E-state index in [0.717, 1.165) is 15.7 Å². The summed E-state index contributed by atoms with van der Waals surface area (Å²) in [5.41, 5.74) is 7.82. The second kappa shape index (κ2) is 8.29. The van der Waals surface area contributed by atoms with Crippen LogP contribution in [-0.4, -0.2) is 33.0 Å². The number of nitrogens with zero attached hydrogens (tertiary/aromatic N) is 3. The van der Waals surface area contributed by atoms with Crippen LogP contribution in [0.3, 0.4) is 0 Å². The normalized spacial score (nSPS) is 11.1. The molecular formula is C20H18ClN5O3S. The number of fused-ring (bicyclic) bond motifs is 2. The molecule has 8 nitrogen and oxygen atoms in total. The van der Waals surface area contributed by atoms with Crippen LogP contribution in [-0.2, 0) is 16.6 Å². The lowest BCUT2D eigenvalue weighted by atomic mass is 10.2. The van der Waals surface area contributed by atoms with Gasteiger partial charge in [0.25, 0.3) is 0 Å². The standard InChI is InChI=1S/C20H18ClN5O3S/c1-26-15-7-4-11(18(28)29-8-2-3-17(22)27)9-14(15)23-19(26)25-20-24-13-6-5-12(21)10-16(13)30-20/h4-7,9-10H,2-3,8H2,1H3,(H2,22,27)(H,23,24,25). The lowest BCUT2D eigenvalue weighted by Crippen LogP contribution is -2.12. The van der Waals surface area contributed by atoms with Crippen LogP contribution >= 0.6 is 22.9 Å². The molecule has 0 spiro atoms. The summed E-state index contributed by atoms with van der Waals surface area (Å²) < 4.78 is 8.05. The van der Waals surface area contributed by atoms with E-state index in [0.29, 0.717) is 33.6 Å². The molecular weight excluding hydrogens is 426 g/mol. The Morgan fingerprint density at radius 1 is 1.20 bits per heavy atom. The zero-order chi connectivity index (χ0) is 21.3. The number of nitrogens with two attached hydrogens (primary N) is 1. The van der Waals surface area contributed by atoms with Crippen LogP contribution in [0.1, 0.15) is 23.2 Å². The highest BCUT2D eigenvalue weighted by Crippen LogP contribution is 2.31. The van der Waals surface area contributed by atoms with Gasteiger partial charge in [0.2, 0.25) is 11.9 Å². The molecule has 4 rings (SSSR count). The van der Waals surface area contributed by atoms with Crippen LogP contribution < -0.4 is 11.1 Å². The summed E-state index contributed by atoms with van der Waals surface area (Å²) in [6, 6.07) is 10.7. The van der Waals surface area contributed by atoms with Crippen molar-refractivity contribution in [3.8, 4) is 0 Å². The Bertz CT molecular complexity index is 1270. The minimum Gasteiger partial charge on any atom is -0.462 e. The van der Waals surface area contributed by atoms with Gasteiger partial charge >= 0.3 is 5.97 Å². The second-order valence-electron chi connectivity index (χ2n) is 6.66. The van der Waals surface area contributed by atoms with Gasteiger partial charge in [0.05, 0.1) is 33.4 Å². The number of esters is 1. The zero-order valence-electron chi connectivity index (χ0n) is 16.0. The van der Waals surface area contributed by atoms with Crippen LogP contribution in [0, 0.1) is 0 Å². The number of ether oxygens (including phenoxy) is 1. The lowest BCUT2D eigenvalue weighted by molar-refractivity contribution is -0.118. The van der Waals surface area contributed by atoms with Gasteiger partial charge in [-0.1, -0.05) is 22.9 Å². The monoisotopic (exact) mass is 443 g/mol. The van der Waals surface area contributed by atoms with Crippen LogP contribution in [0.15, 0.2) is 36.4 Å². The largest absolute Gasteiger partial charge is 0.462 e. The molecule has 0 atom stereocenters. The second-order valence-corrected chi connectivity index (χ2v) is 8.13. The van der Waals surface area contributed by atoms with E-state index in [2.05, 4.69) is 15.3 Å². The van der Waals surface area contributed by atoms with Crippen molar-refractivity contribution in [2.24, 2.45) is 12.8 Å². The summed E-state index contributed by atoms with van der Waals surface area (Å²) in [7, 11) is 1.88. The third-order valence-corrected chi connectivity index (χ3v) is 5.66. The van der Waals surface area contributed by atoms with Crippen molar-refractivity contribution in [3.05, 3.63) is 47.0 Å². The average Bonchev–Trinajstić information content (AvgIpc) is 3.24. The Morgan fingerprint density at radius 3 is 2.83 bits per heavy atom. The Hall–Kier alpha value is -3.17. The maximum absolute atomic E-state index is 12.2. The van der Waals surface area contributed by atoms with Gasteiger partial charge < -0.3 is 20.4 Å². The number of aryl methyl sites for hydroxylation is 1. The number of amides is 1. The van der Waals surface area contributed by atoms with Gasteiger partial charge in [-0.05, 0) is 42.8 Å². The minimum absolute atomic E-state index is 0.135. The number of thiazole rings is 1. The van der Waals surface area contributed by atoms with Crippen molar-refractivity contribution in [1.82, 2.24) is 14.5 Å². The molecule has 2 heterocycles. The van der Waals surface area contributed by atoms with E-state index in [9.17, 15) is 9.59 Å². The Labute approximate surface area is 180 Å². The molecule has 2 aromatic carbocycles. The smallest absolute Gasteiger partial charge is 0.338 e. The zero-order valence-corrected chi connectivity index (χ0v) is 17.6. The van der Waals surface area contributed by atoms with Crippen molar-refractivity contribution in [3.63, 3.8) is 0 Å². The molecule has 0 aliphatic carbocycles. The summed E-state index contributed by atoms with van der Waals surface area (Å²) in [6.07, 6.45) is 0.577. The van der Waals surface area contributed by atoms with E-state index in [4.69, 9.17) is 22.1 Å². The molecule has 30 heavy (non-hydrogen) atoms. The van der Waals surface area contributed by atoms with Crippen LogP contribution in [0.5, 0.6) is 0 Å². The molecule has 0 aliphatic rings. The van der Waals surface area contributed by atoms with Crippen LogP contribution in [0.25, 0.3) is 21.3 Å². The Kier molecular flexibility index (Phi) is 5.56. The van der Waals surface area contributed by atoms with Gasteiger partial charge in [0.1, 0.15) is 0 Å². The number of carbonyl (C=O) groups excluding carboxylic acids is 2. The van der Waals surface area contributed by atoms with Crippen molar-refractivity contribution >= 4 is 67.1 Å². The summed E-state index contributed by atoms with van der Waals surface area (Å²) >= 11 is 7.52. The van der Waals surface area contributed by atoms with E-state index in [1.165, 1.54) is 11.3 Å². The van der Waals surface area contributed by atoms with Crippen molar-refractivity contribution in [1.29, 1.82) is 0 Å². The summed E-state index contributed by atoms with van der Waals surface area (Å²) in [5, 5.41) is 4.58. The van der Waals surface area contributed by atoms with Crippen LogP contribution in [0.2, 0.25) is 5.02 Å². The number of anilines is 2. The number of halogens is 1. The number of imidazole rings is 1. The van der Waals surface area contributed by atoms with Gasteiger partial charge in [-0.3, -0.25) is 4.79 Å². The number of hydrogen-bond donors (Lipinski definition) is 2. The summed E-state index contributed by atoms with van der Waals surface area (Å²) in [4.78, 5) is 32.1. The molecule has 0 saturated heterocycles. The molecule has 0 radical (unpaired) electrons. The molecule has 1 amide bonds. The predicted octanol–water partition coefficient (Wildman–Crippen LogP) is 4.00. The third-order valence-electron chi connectivity index (χ3n) is 4.49. The fourth-order valence-electron chi connectivity index (χ4n) is 2.98. The first-order valence-electron chi connectivity index (χ1n) is 9.16. The van der Waals surface area contributed by atoms with Gasteiger partial charge in [-0.2, -0.15) is 0 Å². The number of primary amides is 1. The van der Waals surface area contributed by atoms with E-state index in [1.807, 2.05) is 29.8 Å². The first-order chi connectivity index (χ1) is 14.4. The highest BCUT2D eigenvalue weighted by molar-refractivity contribution is 7.22. The Balaban J connectivity index is 1.52. The molecule has 0 unspecified atom stereocenters. The van der Waals surface area contributed by atoms with E-state index < -0.39 is 11.9 Å². The number of hydrogen-bond acceptors (Lipinski definition) is 7. The summed E-state index contributed by atoms with van der Waals surface area (Å²) in [5.74, 6) is -0.288.